The summed E-state index contributed by atoms with van der Waals surface area (Å²) in [6.45, 7) is 6.28. The number of carboxylic acid groups (broad SMARTS) is 2. The molecule has 1 unspecified atom stereocenters. The molecule has 0 aliphatic rings. The van der Waals surface area contributed by atoms with Gasteiger partial charge in [-0.2, -0.15) is 0 Å². The van der Waals surface area contributed by atoms with Crippen LogP contribution in [0.5, 0.6) is 11.5 Å². The van der Waals surface area contributed by atoms with E-state index in [1.54, 1.807) is 64.4 Å². The van der Waals surface area contributed by atoms with Gasteiger partial charge in [-0.15, -0.1) is 80.4 Å². The number of aliphatic hydroxyl groups is 2. The maximum Gasteiger partial charge on any atom is 0.328 e. The van der Waals surface area contributed by atoms with E-state index in [0.717, 1.165) is 94.8 Å². The third-order valence-electron chi connectivity index (χ3n) is 15.4. The van der Waals surface area contributed by atoms with Crippen LogP contribution in [0.1, 0.15) is 110 Å². The maximum absolute atomic E-state index is 13.0. The molecule has 0 saturated heterocycles. The van der Waals surface area contributed by atoms with Crippen molar-refractivity contribution in [3.63, 3.8) is 0 Å². The van der Waals surface area contributed by atoms with Crippen molar-refractivity contribution >= 4 is 136 Å². The van der Waals surface area contributed by atoms with E-state index in [-0.39, 0.29) is 61.6 Å². The number of aliphatic hydroxyl groups excluding tert-OH is 2. The van der Waals surface area contributed by atoms with E-state index < -0.39 is 11.9 Å². The highest BCUT2D eigenvalue weighted by atomic mass is 35.5. The summed E-state index contributed by atoms with van der Waals surface area (Å²) in [5.74, 6) is -0.327. The molecule has 110 heavy (non-hydrogen) atoms. The van der Waals surface area contributed by atoms with E-state index >= 15 is 0 Å². The van der Waals surface area contributed by atoms with Gasteiger partial charge < -0.3 is 60.5 Å². The third-order valence-corrected chi connectivity index (χ3v) is 21.2. The van der Waals surface area contributed by atoms with Gasteiger partial charge in [-0.05, 0) is 193 Å². The molecule has 0 spiro atoms. The molecule has 0 aliphatic carbocycles. The summed E-state index contributed by atoms with van der Waals surface area (Å²) in [4.78, 5) is 58.0. The lowest BCUT2D eigenvalue weighted by atomic mass is 10.1. The van der Waals surface area contributed by atoms with Gasteiger partial charge in [-0.1, -0.05) is 153 Å². The summed E-state index contributed by atoms with van der Waals surface area (Å²) in [6, 6.07) is 65.7. The van der Waals surface area contributed by atoms with Crippen molar-refractivity contribution in [2.45, 2.75) is 70.9 Å². The number of ketones is 2. The van der Waals surface area contributed by atoms with Gasteiger partial charge >= 0.3 is 11.9 Å². The molecule has 4 atom stereocenters. The summed E-state index contributed by atoms with van der Waals surface area (Å²) in [5, 5.41) is 53.4. The van der Waals surface area contributed by atoms with Crippen LogP contribution < -0.4 is 15.6 Å². The quantitative estimate of drug-likeness (QED) is 0.0239. The van der Waals surface area contributed by atoms with E-state index in [4.69, 9.17) is 22.5 Å². The van der Waals surface area contributed by atoms with E-state index in [9.17, 15) is 33.8 Å². The van der Waals surface area contributed by atoms with E-state index in [1.807, 2.05) is 142 Å². The van der Waals surface area contributed by atoms with Crippen LogP contribution in [0.2, 0.25) is 2.82 Å². The lowest BCUT2D eigenvalue weighted by Crippen LogP contribution is -2.18. The van der Waals surface area contributed by atoms with Crippen molar-refractivity contribution in [3.8, 4) is 11.5 Å². The number of hydrogen-bond donors (Lipinski definition) is 5. The molecule has 0 fully saturated rings. The number of benzene rings is 6. The van der Waals surface area contributed by atoms with Gasteiger partial charge in [0.05, 0.1) is 22.0 Å². The molecule has 16 nitrogen and oxygen atoms in total. The molecule has 6 heterocycles. The van der Waals surface area contributed by atoms with Crippen molar-refractivity contribution in [1.29, 1.82) is 0 Å². The normalized spacial score (nSPS) is 11.8. The third kappa shape index (κ3) is 38.6. The number of rotatable bonds is 27. The number of carboxylic acids is 2. The number of ether oxygens (including phenoxy) is 2. The Morgan fingerprint density at radius 3 is 1.06 bits per heavy atom. The van der Waals surface area contributed by atoms with Gasteiger partial charge in [0.2, 0.25) is 0 Å². The summed E-state index contributed by atoms with van der Waals surface area (Å²) < 4.78 is 37.0. The lowest BCUT2D eigenvalue weighted by Gasteiger charge is -2.21. The minimum Gasteiger partial charge on any atom is -0.484 e. The number of carbonyl (C=O) groups excluding carboxylic acids is 2. The fraction of sp³-hybridized carbons (Fsp3) is 0.302. The Bertz CT molecular complexity index is 4240. The fourth-order valence-electron chi connectivity index (χ4n) is 9.82. The number of hydrogen-bond acceptors (Lipinski definition) is 20. The van der Waals surface area contributed by atoms with Gasteiger partial charge in [0.1, 0.15) is 32.3 Å². The van der Waals surface area contributed by atoms with Gasteiger partial charge in [-0.25, -0.2) is 14.0 Å². The van der Waals surface area contributed by atoms with Gasteiger partial charge in [0.25, 0.3) is 0 Å². The molecule has 0 bridgehead atoms. The molecule has 6 aromatic heterocycles. The number of aliphatic carboxylic acids is 2. The Morgan fingerprint density at radius 1 is 0.436 bits per heavy atom. The zero-order valence-corrected chi connectivity index (χ0v) is 69.5. The molecular weight excluding hydrogens is 1520 g/mol. The molecule has 24 heteroatoms. The molecule has 12 rings (SSSR count). The van der Waals surface area contributed by atoms with Crippen molar-refractivity contribution in [1.82, 2.24) is 30.6 Å². The second kappa shape index (κ2) is 55.3. The van der Waals surface area contributed by atoms with Crippen LogP contribution in [-0.2, 0) is 9.59 Å². The Morgan fingerprint density at radius 2 is 0.745 bits per heavy atom. The zero-order chi connectivity index (χ0) is 80.6. The molecule has 0 saturated carbocycles. The smallest absolute Gasteiger partial charge is 0.328 e. The first-order valence-electron chi connectivity index (χ1n) is 35.8. The molecule has 6 aromatic carbocycles. The molecular formula is C86H110ClFN6O10S6. The van der Waals surface area contributed by atoms with E-state index in [1.165, 1.54) is 66.2 Å². The number of thiophene rings is 6. The number of Topliss-reactive ketones (excluding diaryl/α,β-unsaturated/α-hetero) is 2. The van der Waals surface area contributed by atoms with Crippen LogP contribution in [0.3, 0.4) is 0 Å². The number of carbonyl (C=O) groups is 4. The predicted octanol–water partition coefficient (Wildman–Crippen LogP) is 21.2. The summed E-state index contributed by atoms with van der Waals surface area (Å²) >= 11 is 9.75. The van der Waals surface area contributed by atoms with Gasteiger partial charge in [0.15, 0.2) is 11.6 Å². The first-order chi connectivity index (χ1) is 52.8. The predicted molar refractivity (Wildman–Crippen MR) is 468 cm³/mol. The van der Waals surface area contributed by atoms with Crippen LogP contribution in [0.25, 0.3) is 32.3 Å². The van der Waals surface area contributed by atoms with Crippen LogP contribution in [0.15, 0.2) is 245 Å². The maximum atomic E-state index is 13.0. The Labute approximate surface area is 683 Å². The van der Waals surface area contributed by atoms with E-state index in [0.29, 0.717) is 24.0 Å². The highest BCUT2D eigenvalue weighted by molar-refractivity contribution is 7.12. The highest BCUT2D eigenvalue weighted by Gasteiger charge is 2.19. The molecule has 7 N–H and O–H groups in total. The van der Waals surface area contributed by atoms with Crippen LogP contribution in [0, 0.1) is 5.82 Å². The number of nitrogens with zero attached hydrogens (tertiary/aromatic N) is 5. The second-order valence-corrected chi connectivity index (χ2v) is 31.4. The van der Waals surface area contributed by atoms with Crippen LogP contribution >= 0.6 is 80.4 Å². The zero-order valence-electron chi connectivity index (χ0n) is 65.8. The molecule has 0 aliphatic heterocycles. The first kappa shape index (κ1) is 94.2. The largest absolute Gasteiger partial charge is 0.484 e. The number of fused-ring (bicyclic) bond motifs is 3. The number of halogens is 2. The molecule has 0 amide bonds. The van der Waals surface area contributed by atoms with Crippen molar-refractivity contribution in [3.05, 3.63) is 280 Å². The monoisotopic (exact) mass is 1640 g/mol. The van der Waals surface area contributed by atoms with Gasteiger partial charge in [-0.3, -0.25) is 9.59 Å². The molecule has 594 valence electrons. The SMILES string of the molecule is C.CC(=O)c1cccs1.CN(C)CCC(=O)c1cccs1.CN(C)CCC(O)c1cccs1.CN(C)CC[C@H](O)c1cccs1.CN(C)CC[C@H](Oc1cccc2ccccc12)c1cccs1.CN(C)CC[C@H](Oc1cccc2ccccc12)c1cccs1.Cl.Fc1cccc2ccccc12.O=C(O)/C=C\C(=O)O.[2H]N[3H]. The standard InChI is InChI=1S/2C19H21NOS.C10H7F.2C9H15NOS.C9H13NOS.C6H6OS.C4H4O4.CH4.ClH.H3N/c2*1-20(2)13-12-18(19-11-6-14-22-19)21-17-10-5-8-15-7-3-4-9-16(15)17;11-10-7-3-5-8-4-1-2-6-9(8)10;3*1-10(2)6-5-8(11)9-4-3-7-12-9;1-5(7)6-3-2-4-8-6;5-3(6)1-2-4(7)8;;;/h2*3-11,14,18H,12-13H2,1-2H3;1-7H;2*3-4,7-8,11H,5-6H2,1-2H3;3-4,7H,5-6H2,1-2H3;2-4H,1H3;1-2H,(H,5,6)(H,7,8);1H4;1H;1H3/b;;;;;;;2-1-;;;/t2*18-;;8-;;;;;;;/m00.0......./s1/i/hTD. The minimum atomic E-state index is -1.26. The fourth-order valence-corrected chi connectivity index (χ4v) is 14.2. The molecule has 12 aromatic rings. The average Bonchev–Trinajstić information content (AvgIpc) is 1.09. The van der Waals surface area contributed by atoms with Crippen molar-refractivity contribution in [2.75, 3.05) is 103 Å². The Hall–Kier alpha value is -8.18. The van der Waals surface area contributed by atoms with Crippen molar-refractivity contribution < 1.29 is 56.3 Å². The highest BCUT2D eigenvalue weighted by Crippen LogP contribution is 2.35. The lowest BCUT2D eigenvalue weighted by molar-refractivity contribution is -0.134. The van der Waals surface area contributed by atoms with E-state index in [2.05, 4.69) is 168 Å². The summed E-state index contributed by atoms with van der Waals surface area (Å²) in [7, 11) is 20.4. The van der Waals surface area contributed by atoms with Gasteiger partial charge in [0, 0.05) is 99.8 Å². The topological polar surface area (TPSA) is 219 Å². The average molecular weight is 1640 g/mol. The first-order valence-corrected chi connectivity index (χ1v) is 40.1. The van der Waals surface area contributed by atoms with Crippen molar-refractivity contribution in [2.24, 2.45) is 0 Å². The summed E-state index contributed by atoms with van der Waals surface area (Å²) in [5.41, 5.74) is 0. The molecule has 0 radical (unpaired) electrons. The minimum absolute atomic E-state index is 0. The van der Waals surface area contributed by atoms with Crippen LogP contribution in [0.4, 0.5) is 4.39 Å². The second-order valence-electron chi connectivity index (χ2n) is 25.6. The Kier molecular flexibility index (Phi) is 47.3. The Balaban J connectivity index is 0.000000442. The van der Waals surface area contributed by atoms with Crippen LogP contribution in [-0.4, -0.2) is 172 Å². The summed E-state index contributed by atoms with van der Waals surface area (Å²) in [6.07, 6.45) is 6.22.